The first kappa shape index (κ1) is 13.7. The zero-order valence-corrected chi connectivity index (χ0v) is 13.4. The molecule has 3 aromatic rings. The van der Waals surface area contributed by atoms with Crippen LogP contribution in [-0.4, -0.2) is 4.98 Å². The lowest BCUT2D eigenvalue weighted by Crippen LogP contribution is -2.17. The summed E-state index contributed by atoms with van der Waals surface area (Å²) in [4.78, 5) is 3.60. The van der Waals surface area contributed by atoms with Crippen molar-refractivity contribution in [3.8, 4) is 0 Å². The minimum Gasteiger partial charge on any atom is -0.377 e. The zero-order chi connectivity index (χ0) is 15.1. The van der Waals surface area contributed by atoms with Crippen LogP contribution in [0.5, 0.6) is 0 Å². The number of aromatic nitrogens is 1. The lowest BCUT2D eigenvalue weighted by Gasteiger charge is -2.25. The van der Waals surface area contributed by atoms with Gasteiger partial charge in [0.15, 0.2) is 0 Å². The fourth-order valence-electron chi connectivity index (χ4n) is 3.43. The Balaban J connectivity index is 1.72. The topological polar surface area (TPSA) is 27.8 Å². The first-order chi connectivity index (χ1) is 10.7. The standard InChI is InChI=1S/C19H19ClN2/c1-12-5-8-14(9-6-12)21-18-4-2-3-15-16-11-13(20)7-10-17(16)22-19(15)18/h5-11,18,21-22H,2-4H2,1H3/t18-/m0/s1. The van der Waals surface area contributed by atoms with Gasteiger partial charge in [-0.3, -0.25) is 0 Å². The smallest absolute Gasteiger partial charge is 0.0666 e. The number of hydrogen-bond acceptors (Lipinski definition) is 1. The Labute approximate surface area is 135 Å². The Hall–Kier alpha value is -1.93. The lowest BCUT2D eigenvalue weighted by atomic mass is 9.91. The average molecular weight is 311 g/mol. The van der Waals surface area contributed by atoms with Gasteiger partial charge in [0.05, 0.1) is 6.04 Å². The van der Waals surface area contributed by atoms with Crippen molar-refractivity contribution < 1.29 is 0 Å². The van der Waals surface area contributed by atoms with Crippen LogP contribution in [0.4, 0.5) is 5.69 Å². The van der Waals surface area contributed by atoms with Crippen molar-refractivity contribution in [2.24, 2.45) is 0 Å². The molecule has 0 radical (unpaired) electrons. The molecule has 112 valence electrons. The molecule has 2 nitrogen and oxygen atoms in total. The molecule has 3 heteroatoms. The van der Waals surface area contributed by atoms with Crippen molar-refractivity contribution in [1.82, 2.24) is 4.98 Å². The molecule has 1 heterocycles. The molecule has 0 aliphatic heterocycles. The van der Waals surface area contributed by atoms with Crippen LogP contribution in [0.15, 0.2) is 42.5 Å². The molecule has 4 rings (SSSR count). The van der Waals surface area contributed by atoms with Gasteiger partial charge in [0.25, 0.3) is 0 Å². The Morgan fingerprint density at radius 3 is 2.77 bits per heavy atom. The van der Waals surface area contributed by atoms with E-state index in [1.165, 1.54) is 39.8 Å². The number of H-pyrrole nitrogens is 1. The third kappa shape index (κ3) is 2.38. The zero-order valence-electron chi connectivity index (χ0n) is 12.6. The molecule has 0 fully saturated rings. The maximum atomic E-state index is 6.17. The SMILES string of the molecule is Cc1ccc(N[C@H]2CCCc3c2[nH]c2ccc(Cl)cc32)cc1. The number of benzene rings is 2. The van der Waals surface area contributed by atoms with Crippen molar-refractivity contribution >= 4 is 28.2 Å². The van der Waals surface area contributed by atoms with Gasteiger partial charge in [-0.15, -0.1) is 0 Å². The van der Waals surface area contributed by atoms with Crippen LogP contribution in [0.3, 0.4) is 0 Å². The van der Waals surface area contributed by atoms with Crippen LogP contribution >= 0.6 is 11.6 Å². The molecule has 0 spiro atoms. The molecule has 1 aliphatic rings. The predicted octanol–water partition coefficient (Wildman–Crippen LogP) is 5.62. The van der Waals surface area contributed by atoms with Gasteiger partial charge in [0.2, 0.25) is 0 Å². The second-order valence-electron chi connectivity index (χ2n) is 6.16. The van der Waals surface area contributed by atoms with Crippen molar-refractivity contribution in [2.75, 3.05) is 5.32 Å². The quantitative estimate of drug-likeness (QED) is 0.631. The number of aromatic amines is 1. The van der Waals surface area contributed by atoms with Gasteiger partial charge < -0.3 is 10.3 Å². The molecule has 2 N–H and O–H groups in total. The number of aryl methyl sites for hydroxylation is 2. The summed E-state index contributed by atoms with van der Waals surface area (Å²) in [6.07, 6.45) is 3.49. The van der Waals surface area contributed by atoms with Crippen molar-refractivity contribution in [1.29, 1.82) is 0 Å². The summed E-state index contributed by atoms with van der Waals surface area (Å²) in [5, 5.41) is 5.76. The van der Waals surface area contributed by atoms with Gasteiger partial charge in [-0.25, -0.2) is 0 Å². The average Bonchev–Trinajstić information content (AvgIpc) is 2.89. The van der Waals surface area contributed by atoms with Crippen molar-refractivity contribution in [2.45, 2.75) is 32.2 Å². The fourth-order valence-corrected chi connectivity index (χ4v) is 3.60. The number of halogens is 1. The summed E-state index contributed by atoms with van der Waals surface area (Å²) in [6.45, 7) is 2.12. The number of anilines is 1. The highest BCUT2D eigenvalue weighted by Crippen LogP contribution is 2.37. The Morgan fingerprint density at radius 2 is 1.95 bits per heavy atom. The van der Waals surface area contributed by atoms with Gasteiger partial charge >= 0.3 is 0 Å². The van der Waals surface area contributed by atoms with Crippen molar-refractivity contribution in [3.63, 3.8) is 0 Å². The molecule has 1 aliphatic carbocycles. The van der Waals surface area contributed by atoms with Crippen LogP contribution in [-0.2, 0) is 6.42 Å². The normalized spacial score (nSPS) is 17.5. The maximum Gasteiger partial charge on any atom is 0.0666 e. The fraction of sp³-hybridized carbons (Fsp3) is 0.263. The van der Waals surface area contributed by atoms with Gasteiger partial charge in [-0.05, 0) is 62.1 Å². The first-order valence-electron chi connectivity index (χ1n) is 7.84. The molecule has 2 aromatic carbocycles. The highest BCUT2D eigenvalue weighted by molar-refractivity contribution is 6.31. The highest BCUT2D eigenvalue weighted by atomic mass is 35.5. The summed E-state index contributed by atoms with van der Waals surface area (Å²) in [5.41, 5.74) is 6.40. The van der Waals surface area contributed by atoms with Crippen LogP contribution in [0.1, 0.15) is 35.7 Å². The molecule has 22 heavy (non-hydrogen) atoms. The van der Waals surface area contributed by atoms with Crippen LogP contribution in [0.25, 0.3) is 10.9 Å². The van der Waals surface area contributed by atoms with E-state index in [1.54, 1.807) is 0 Å². The van der Waals surface area contributed by atoms with Gasteiger partial charge in [-0.1, -0.05) is 29.3 Å². The predicted molar refractivity (Wildman–Crippen MR) is 93.8 cm³/mol. The minimum atomic E-state index is 0.345. The Morgan fingerprint density at radius 1 is 1.14 bits per heavy atom. The maximum absolute atomic E-state index is 6.17. The van der Waals surface area contributed by atoms with E-state index >= 15 is 0 Å². The molecule has 0 bridgehead atoms. The third-order valence-electron chi connectivity index (χ3n) is 4.56. The first-order valence-corrected chi connectivity index (χ1v) is 8.22. The summed E-state index contributed by atoms with van der Waals surface area (Å²) in [5.74, 6) is 0. The van der Waals surface area contributed by atoms with E-state index in [0.29, 0.717) is 6.04 Å². The Bertz CT molecular complexity index is 817. The largest absolute Gasteiger partial charge is 0.377 e. The van der Waals surface area contributed by atoms with Gasteiger partial charge in [0, 0.05) is 27.3 Å². The summed E-state index contributed by atoms with van der Waals surface area (Å²) < 4.78 is 0. The summed E-state index contributed by atoms with van der Waals surface area (Å²) >= 11 is 6.17. The van der Waals surface area contributed by atoms with E-state index < -0.39 is 0 Å². The number of fused-ring (bicyclic) bond motifs is 3. The van der Waals surface area contributed by atoms with E-state index in [2.05, 4.69) is 53.6 Å². The molecule has 0 saturated carbocycles. The molecule has 0 unspecified atom stereocenters. The third-order valence-corrected chi connectivity index (χ3v) is 4.80. The van der Waals surface area contributed by atoms with E-state index in [4.69, 9.17) is 11.6 Å². The van der Waals surface area contributed by atoms with Gasteiger partial charge in [-0.2, -0.15) is 0 Å². The molecule has 0 amide bonds. The van der Waals surface area contributed by atoms with Crippen LogP contribution in [0, 0.1) is 6.92 Å². The summed E-state index contributed by atoms with van der Waals surface area (Å²) in [7, 11) is 0. The van der Waals surface area contributed by atoms with E-state index in [-0.39, 0.29) is 0 Å². The lowest BCUT2D eigenvalue weighted by molar-refractivity contribution is 0.593. The van der Waals surface area contributed by atoms with E-state index in [1.807, 2.05) is 6.07 Å². The molecule has 1 atom stereocenters. The van der Waals surface area contributed by atoms with E-state index in [9.17, 15) is 0 Å². The second-order valence-corrected chi connectivity index (χ2v) is 6.60. The van der Waals surface area contributed by atoms with Crippen molar-refractivity contribution in [3.05, 3.63) is 64.3 Å². The number of hydrogen-bond donors (Lipinski definition) is 2. The second kappa shape index (κ2) is 5.36. The summed E-state index contributed by atoms with van der Waals surface area (Å²) in [6, 6.07) is 15.1. The Kier molecular flexibility index (Phi) is 3.34. The number of nitrogens with one attached hydrogen (secondary N) is 2. The monoisotopic (exact) mass is 310 g/mol. The molecule has 0 saturated heterocycles. The molecule has 1 aromatic heterocycles. The number of rotatable bonds is 2. The molecular formula is C19H19ClN2. The molecular weight excluding hydrogens is 292 g/mol. The van der Waals surface area contributed by atoms with Crippen LogP contribution < -0.4 is 5.32 Å². The van der Waals surface area contributed by atoms with E-state index in [0.717, 1.165) is 17.9 Å². The van der Waals surface area contributed by atoms with Gasteiger partial charge in [0.1, 0.15) is 0 Å². The van der Waals surface area contributed by atoms with Crippen LogP contribution in [0.2, 0.25) is 5.02 Å². The highest BCUT2D eigenvalue weighted by Gasteiger charge is 2.24. The minimum absolute atomic E-state index is 0.345.